The highest BCUT2D eigenvalue weighted by Crippen LogP contribution is 2.48. The van der Waals surface area contributed by atoms with Gasteiger partial charge in [0, 0.05) is 5.69 Å². The molecule has 26 heavy (non-hydrogen) atoms. The summed E-state index contributed by atoms with van der Waals surface area (Å²) in [5, 5.41) is 0. The van der Waals surface area contributed by atoms with Crippen molar-refractivity contribution in [2.24, 2.45) is 0 Å². The Morgan fingerprint density at radius 1 is 0.846 bits per heavy atom. The van der Waals surface area contributed by atoms with Crippen LogP contribution in [0.15, 0.2) is 72.8 Å². The van der Waals surface area contributed by atoms with Crippen LogP contribution in [-0.4, -0.2) is 6.29 Å². The number of fused-ring (bicyclic) bond motifs is 2. The molecule has 0 spiro atoms. The van der Waals surface area contributed by atoms with E-state index in [1.165, 1.54) is 18.4 Å². The molecule has 1 heterocycles. The Labute approximate surface area is 155 Å². The van der Waals surface area contributed by atoms with Crippen molar-refractivity contribution in [1.82, 2.24) is 0 Å². The van der Waals surface area contributed by atoms with Gasteiger partial charge in [0.15, 0.2) is 0 Å². The minimum Gasteiger partial charge on any atom is -0.310 e. The van der Waals surface area contributed by atoms with Gasteiger partial charge in [0.25, 0.3) is 0 Å². The first-order valence-electron chi connectivity index (χ1n) is 9.35. The van der Waals surface area contributed by atoms with E-state index in [1.54, 1.807) is 0 Å². The van der Waals surface area contributed by atoms with E-state index in [1.807, 2.05) is 24.3 Å². The molecule has 0 atom stereocenters. The molecule has 0 amide bonds. The van der Waals surface area contributed by atoms with Gasteiger partial charge in [0.2, 0.25) is 0 Å². The van der Waals surface area contributed by atoms with E-state index >= 15 is 0 Å². The molecule has 2 nitrogen and oxygen atoms in total. The van der Waals surface area contributed by atoms with E-state index in [4.69, 9.17) is 0 Å². The van der Waals surface area contributed by atoms with Gasteiger partial charge < -0.3 is 9.69 Å². The van der Waals surface area contributed by atoms with Crippen molar-refractivity contribution < 1.29 is 4.79 Å². The number of rotatable bonds is 5. The van der Waals surface area contributed by atoms with Gasteiger partial charge in [-0.3, -0.25) is 0 Å². The second-order valence-corrected chi connectivity index (χ2v) is 6.84. The third-order valence-corrected chi connectivity index (χ3v) is 5.18. The number of hydrogen-bond donors (Lipinski definition) is 0. The van der Waals surface area contributed by atoms with Crippen LogP contribution in [0.5, 0.6) is 0 Å². The van der Waals surface area contributed by atoms with Crippen LogP contribution < -0.4 is 4.90 Å². The van der Waals surface area contributed by atoms with Crippen molar-refractivity contribution in [3.8, 4) is 0 Å². The largest absolute Gasteiger partial charge is 0.310 e. The zero-order valence-corrected chi connectivity index (χ0v) is 15.1. The average molecular weight is 341 g/mol. The lowest BCUT2D eigenvalue weighted by Gasteiger charge is -2.36. The molecule has 0 N–H and O–H groups in total. The third-order valence-electron chi connectivity index (χ3n) is 5.18. The van der Waals surface area contributed by atoms with Crippen molar-refractivity contribution in [1.29, 1.82) is 0 Å². The molecule has 3 aromatic rings. The molecular weight excluding hydrogens is 318 g/mol. The number of aryl methyl sites for hydroxylation is 1. The molecule has 0 aromatic heterocycles. The molecule has 0 unspecified atom stereocenters. The van der Waals surface area contributed by atoms with Crippen molar-refractivity contribution in [2.45, 2.75) is 32.1 Å². The Morgan fingerprint density at radius 3 is 1.96 bits per heavy atom. The number of nitrogens with zero attached hydrogens (tertiary/aromatic N) is 1. The number of aldehydes is 1. The number of unbranched alkanes of at least 4 members (excludes halogenated alkanes) is 1. The van der Waals surface area contributed by atoms with Crippen LogP contribution in [0.2, 0.25) is 0 Å². The molecule has 3 aromatic carbocycles. The zero-order chi connectivity index (χ0) is 17.9. The number of para-hydroxylation sites is 2. The number of anilines is 3. The fourth-order valence-corrected chi connectivity index (χ4v) is 3.82. The fraction of sp³-hybridized carbons (Fsp3) is 0.208. The second-order valence-electron chi connectivity index (χ2n) is 6.84. The fourth-order valence-electron chi connectivity index (χ4n) is 3.82. The van der Waals surface area contributed by atoms with Crippen LogP contribution in [0.25, 0.3) is 0 Å². The summed E-state index contributed by atoms with van der Waals surface area (Å²) in [4.78, 5) is 14.1. The number of benzene rings is 3. The first-order chi connectivity index (χ1) is 12.8. The molecule has 1 aliphatic rings. The SMILES string of the molecule is CCCCc1ccc(N2c3ccccc3C(C=O)c3ccccc32)cc1. The maximum absolute atomic E-state index is 11.9. The maximum Gasteiger partial charge on any atom is 0.132 e. The molecule has 0 fully saturated rings. The van der Waals surface area contributed by atoms with E-state index in [9.17, 15) is 4.79 Å². The number of hydrogen-bond acceptors (Lipinski definition) is 2. The predicted molar refractivity (Wildman–Crippen MR) is 108 cm³/mol. The summed E-state index contributed by atoms with van der Waals surface area (Å²) in [6.07, 6.45) is 4.61. The molecule has 0 saturated heterocycles. The van der Waals surface area contributed by atoms with Crippen molar-refractivity contribution in [3.05, 3.63) is 89.5 Å². The molecule has 0 saturated carbocycles. The summed E-state index contributed by atoms with van der Waals surface area (Å²) in [5.74, 6) is -0.206. The van der Waals surface area contributed by atoms with Gasteiger partial charge >= 0.3 is 0 Å². The quantitative estimate of drug-likeness (QED) is 0.519. The topological polar surface area (TPSA) is 20.3 Å². The Hall–Kier alpha value is -2.87. The Bertz CT molecular complexity index is 866. The van der Waals surface area contributed by atoms with E-state index in [0.29, 0.717) is 0 Å². The first-order valence-corrected chi connectivity index (χ1v) is 9.35. The highest BCUT2D eigenvalue weighted by Gasteiger charge is 2.30. The summed E-state index contributed by atoms with van der Waals surface area (Å²) in [6, 6.07) is 25.3. The van der Waals surface area contributed by atoms with Gasteiger partial charge in [0.05, 0.1) is 17.3 Å². The van der Waals surface area contributed by atoms with E-state index in [2.05, 4.69) is 60.4 Å². The van der Waals surface area contributed by atoms with Crippen molar-refractivity contribution in [3.63, 3.8) is 0 Å². The summed E-state index contributed by atoms with van der Waals surface area (Å²) in [7, 11) is 0. The van der Waals surface area contributed by atoms with Crippen LogP contribution in [0.4, 0.5) is 17.1 Å². The Morgan fingerprint density at radius 2 is 1.42 bits per heavy atom. The highest BCUT2D eigenvalue weighted by molar-refractivity contribution is 5.90. The van der Waals surface area contributed by atoms with Crippen molar-refractivity contribution >= 4 is 23.3 Å². The number of carbonyl (C=O) groups is 1. The molecule has 0 aliphatic carbocycles. The second kappa shape index (κ2) is 7.17. The molecule has 1 aliphatic heterocycles. The molecule has 130 valence electrons. The van der Waals surface area contributed by atoms with E-state index < -0.39 is 0 Å². The summed E-state index contributed by atoms with van der Waals surface area (Å²) < 4.78 is 0. The zero-order valence-electron chi connectivity index (χ0n) is 15.1. The van der Waals surface area contributed by atoms with Crippen molar-refractivity contribution in [2.75, 3.05) is 4.90 Å². The van der Waals surface area contributed by atoms with Gasteiger partial charge in [-0.1, -0.05) is 61.9 Å². The Kier molecular flexibility index (Phi) is 4.57. The summed E-state index contributed by atoms with van der Waals surface area (Å²) >= 11 is 0. The number of carbonyl (C=O) groups excluding carboxylic acids is 1. The monoisotopic (exact) mass is 341 g/mol. The average Bonchev–Trinajstić information content (AvgIpc) is 2.71. The lowest BCUT2D eigenvalue weighted by molar-refractivity contribution is -0.108. The standard InChI is InChI=1S/C24H23NO/c1-2-3-8-18-13-15-19(16-14-18)25-23-11-6-4-9-20(23)22(17-26)21-10-5-7-12-24(21)25/h4-7,9-17,22H,2-3,8H2,1H3. The maximum atomic E-state index is 11.9. The third kappa shape index (κ3) is 2.82. The Balaban J connectivity index is 1.82. The van der Waals surface area contributed by atoms with Gasteiger partial charge in [-0.25, -0.2) is 0 Å². The normalized spacial score (nSPS) is 13.2. The van der Waals surface area contributed by atoms with Crippen LogP contribution in [0.3, 0.4) is 0 Å². The minimum absolute atomic E-state index is 0.206. The summed E-state index contributed by atoms with van der Waals surface area (Å²) in [6.45, 7) is 2.22. The minimum atomic E-state index is -0.206. The lowest BCUT2D eigenvalue weighted by Crippen LogP contribution is -2.22. The van der Waals surface area contributed by atoms with Crippen LogP contribution >= 0.6 is 0 Å². The van der Waals surface area contributed by atoms with Crippen LogP contribution in [0, 0.1) is 0 Å². The van der Waals surface area contributed by atoms with E-state index in [-0.39, 0.29) is 5.92 Å². The highest BCUT2D eigenvalue weighted by atomic mass is 16.1. The molecule has 4 rings (SSSR count). The molecule has 0 radical (unpaired) electrons. The lowest BCUT2D eigenvalue weighted by atomic mass is 9.85. The van der Waals surface area contributed by atoms with E-state index in [0.717, 1.165) is 40.9 Å². The van der Waals surface area contributed by atoms with Gasteiger partial charge in [0.1, 0.15) is 6.29 Å². The summed E-state index contributed by atoms with van der Waals surface area (Å²) in [5.41, 5.74) is 6.82. The first kappa shape index (κ1) is 16.6. The predicted octanol–water partition coefficient (Wildman–Crippen LogP) is 6.14. The van der Waals surface area contributed by atoms with Gasteiger partial charge in [-0.15, -0.1) is 0 Å². The molecule has 0 bridgehead atoms. The van der Waals surface area contributed by atoms with Crippen LogP contribution in [0.1, 0.15) is 42.4 Å². The molecule has 2 heteroatoms. The van der Waals surface area contributed by atoms with Crippen LogP contribution in [-0.2, 0) is 11.2 Å². The molecular formula is C24H23NO. The smallest absolute Gasteiger partial charge is 0.132 e. The van der Waals surface area contributed by atoms with Gasteiger partial charge in [-0.05, 0) is 53.8 Å². The van der Waals surface area contributed by atoms with Gasteiger partial charge in [-0.2, -0.15) is 0 Å².